The summed E-state index contributed by atoms with van der Waals surface area (Å²) in [5.41, 5.74) is 4.18. The summed E-state index contributed by atoms with van der Waals surface area (Å²) in [6, 6.07) is 5.52. The molecule has 1 aliphatic rings. The summed E-state index contributed by atoms with van der Waals surface area (Å²) in [6.07, 6.45) is 0. The van der Waals surface area contributed by atoms with Crippen molar-refractivity contribution in [2.45, 2.75) is 26.3 Å². The Hall–Kier alpha value is -0.970. The van der Waals surface area contributed by atoms with Gasteiger partial charge in [-0.2, -0.15) is 0 Å². The Balaban J connectivity index is 2.54. The second-order valence-corrected chi connectivity index (χ2v) is 4.93. The highest BCUT2D eigenvalue weighted by Crippen LogP contribution is 2.42. The van der Waals surface area contributed by atoms with Crippen molar-refractivity contribution in [3.8, 4) is 0 Å². The predicted octanol–water partition coefficient (Wildman–Crippen LogP) is 2.89. The van der Waals surface area contributed by atoms with Crippen LogP contribution in [-0.4, -0.2) is 16.0 Å². The topological polar surface area (TPSA) is 38.7 Å². The molecule has 0 saturated heterocycles. The van der Waals surface area contributed by atoms with Crippen molar-refractivity contribution < 1.29 is 5.21 Å². The highest BCUT2D eigenvalue weighted by Gasteiger charge is 2.35. The summed E-state index contributed by atoms with van der Waals surface area (Å²) in [7, 11) is 0. The SMILES string of the molecule is CC(C)(C)N1c2c(Cl)cccc2NN1O. The first-order chi connectivity index (χ1) is 6.91. The minimum atomic E-state index is -0.252. The number of hydrazine groups is 2. The number of benzene rings is 1. The molecule has 1 aromatic carbocycles. The minimum Gasteiger partial charge on any atom is -0.276 e. The van der Waals surface area contributed by atoms with Crippen LogP contribution < -0.4 is 10.4 Å². The molecule has 2 rings (SSSR count). The van der Waals surface area contributed by atoms with Gasteiger partial charge in [-0.15, -0.1) is 0 Å². The number of halogens is 1. The Bertz CT molecular complexity index is 389. The van der Waals surface area contributed by atoms with Gasteiger partial charge in [0.1, 0.15) is 5.69 Å². The normalized spacial score (nSPS) is 16.5. The molecule has 4 nitrogen and oxygen atoms in total. The molecule has 0 fully saturated rings. The number of para-hydroxylation sites is 1. The van der Waals surface area contributed by atoms with Gasteiger partial charge in [0, 0.05) is 0 Å². The summed E-state index contributed by atoms with van der Waals surface area (Å²) in [5, 5.41) is 13.1. The highest BCUT2D eigenvalue weighted by molar-refractivity contribution is 6.34. The smallest absolute Gasteiger partial charge is 0.100 e. The molecule has 0 unspecified atom stereocenters. The van der Waals surface area contributed by atoms with Gasteiger partial charge in [0.05, 0.1) is 16.2 Å². The summed E-state index contributed by atoms with van der Waals surface area (Å²) >= 11 is 6.12. The van der Waals surface area contributed by atoms with E-state index >= 15 is 0 Å². The first kappa shape index (κ1) is 10.5. The number of anilines is 2. The maximum absolute atomic E-state index is 9.76. The molecule has 5 heteroatoms. The Morgan fingerprint density at radius 1 is 1.33 bits per heavy atom. The second kappa shape index (κ2) is 3.27. The van der Waals surface area contributed by atoms with E-state index in [9.17, 15) is 5.21 Å². The first-order valence-electron chi connectivity index (χ1n) is 4.75. The fourth-order valence-electron chi connectivity index (χ4n) is 1.69. The van der Waals surface area contributed by atoms with Crippen LogP contribution in [0.3, 0.4) is 0 Å². The van der Waals surface area contributed by atoms with Gasteiger partial charge < -0.3 is 0 Å². The third-order valence-electron chi connectivity index (χ3n) is 2.24. The molecule has 2 N–H and O–H groups in total. The predicted molar refractivity (Wildman–Crippen MR) is 60.9 cm³/mol. The third kappa shape index (κ3) is 1.65. The number of hydrogen-bond donors (Lipinski definition) is 2. The van der Waals surface area contributed by atoms with Gasteiger partial charge in [-0.25, -0.2) is 0 Å². The molecule has 1 aromatic rings. The Morgan fingerprint density at radius 3 is 2.60 bits per heavy atom. The van der Waals surface area contributed by atoms with Gasteiger partial charge >= 0.3 is 0 Å². The average molecular weight is 228 g/mol. The fraction of sp³-hybridized carbons (Fsp3) is 0.400. The quantitative estimate of drug-likeness (QED) is 0.715. The van der Waals surface area contributed by atoms with Crippen molar-refractivity contribution in [2.75, 3.05) is 10.4 Å². The van der Waals surface area contributed by atoms with E-state index in [0.717, 1.165) is 16.7 Å². The van der Waals surface area contributed by atoms with Crippen LogP contribution in [-0.2, 0) is 0 Å². The average Bonchev–Trinajstić information content (AvgIpc) is 2.41. The fourth-order valence-corrected chi connectivity index (χ4v) is 1.95. The van der Waals surface area contributed by atoms with E-state index in [0.29, 0.717) is 5.02 Å². The Morgan fingerprint density at radius 2 is 2.00 bits per heavy atom. The van der Waals surface area contributed by atoms with Crippen molar-refractivity contribution in [3.63, 3.8) is 0 Å². The van der Waals surface area contributed by atoms with Crippen LogP contribution in [0, 0.1) is 0 Å². The van der Waals surface area contributed by atoms with Gasteiger partial charge in [0.25, 0.3) is 0 Å². The number of fused-ring (bicyclic) bond motifs is 1. The summed E-state index contributed by atoms with van der Waals surface area (Å²) in [6.45, 7) is 5.99. The van der Waals surface area contributed by atoms with E-state index < -0.39 is 0 Å². The lowest BCUT2D eigenvalue weighted by Gasteiger charge is -2.36. The lowest BCUT2D eigenvalue weighted by atomic mass is 10.1. The monoisotopic (exact) mass is 227 g/mol. The van der Waals surface area contributed by atoms with Gasteiger partial charge in [0.2, 0.25) is 0 Å². The molecule has 0 aliphatic carbocycles. The molecular formula is C10H14ClN3O. The molecule has 0 atom stereocenters. The van der Waals surface area contributed by atoms with Crippen LogP contribution in [0.25, 0.3) is 0 Å². The van der Waals surface area contributed by atoms with Crippen molar-refractivity contribution in [1.82, 2.24) is 5.28 Å². The maximum atomic E-state index is 9.76. The molecule has 1 aliphatic heterocycles. The van der Waals surface area contributed by atoms with E-state index in [4.69, 9.17) is 11.6 Å². The van der Waals surface area contributed by atoms with E-state index in [1.54, 1.807) is 11.1 Å². The van der Waals surface area contributed by atoms with Gasteiger partial charge in [0.15, 0.2) is 0 Å². The molecule has 0 radical (unpaired) electrons. The van der Waals surface area contributed by atoms with Crippen LogP contribution in [0.2, 0.25) is 5.02 Å². The van der Waals surface area contributed by atoms with E-state index in [1.165, 1.54) is 0 Å². The van der Waals surface area contributed by atoms with E-state index in [1.807, 2.05) is 32.9 Å². The lowest BCUT2D eigenvalue weighted by molar-refractivity contribution is -0.0854. The Kier molecular flexibility index (Phi) is 2.30. The number of rotatable bonds is 0. The zero-order valence-corrected chi connectivity index (χ0v) is 9.71. The first-order valence-corrected chi connectivity index (χ1v) is 5.13. The molecule has 1 heterocycles. The molecule has 82 valence electrons. The molecule has 0 spiro atoms. The van der Waals surface area contributed by atoms with Crippen molar-refractivity contribution in [2.24, 2.45) is 0 Å². The third-order valence-corrected chi connectivity index (χ3v) is 2.55. The number of hydrogen-bond acceptors (Lipinski definition) is 4. The van der Waals surface area contributed by atoms with Crippen LogP contribution >= 0.6 is 11.6 Å². The minimum absolute atomic E-state index is 0.252. The van der Waals surface area contributed by atoms with Crippen LogP contribution in [0.5, 0.6) is 0 Å². The van der Waals surface area contributed by atoms with Crippen LogP contribution in [0.1, 0.15) is 20.8 Å². The summed E-state index contributed by atoms with van der Waals surface area (Å²) in [4.78, 5) is 0. The molecule has 0 aromatic heterocycles. The molecule has 15 heavy (non-hydrogen) atoms. The van der Waals surface area contributed by atoms with Crippen molar-refractivity contribution in [1.29, 1.82) is 0 Å². The Labute approximate surface area is 93.9 Å². The maximum Gasteiger partial charge on any atom is 0.100 e. The van der Waals surface area contributed by atoms with Crippen LogP contribution in [0.4, 0.5) is 11.4 Å². The highest BCUT2D eigenvalue weighted by atomic mass is 35.5. The number of nitrogens with zero attached hydrogens (tertiary/aromatic N) is 2. The molecule has 0 bridgehead atoms. The number of nitrogens with one attached hydrogen (secondary N) is 1. The molecule has 0 amide bonds. The van der Waals surface area contributed by atoms with E-state index in [-0.39, 0.29) is 5.54 Å². The summed E-state index contributed by atoms with van der Waals surface area (Å²) in [5.74, 6) is 0. The largest absolute Gasteiger partial charge is 0.276 e. The zero-order valence-electron chi connectivity index (χ0n) is 8.95. The van der Waals surface area contributed by atoms with Crippen LogP contribution in [0.15, 0.2) is 18.2 Å². The van der Waals surface area contributed by atoms with Gasteiger partial charge in [-0.05, 0) is 38.2 Å². The second-order valence-electron chi connectivity index (χ2n) is 4.52. The van der Waals surface area contributed by atoms with Gasteiger partial charge in [-0.1, -0.05) is 17.7 Å². The van der Waals surface area contributed by atoms with E-state index in [2.05, 4.69) is 5.43 Å². The lowest BCUT2D eigenvalue weighted by Crippen LogP contribution is -2.50. The van der Waals surface area contributed by atoms with Gasteiger partial charge in [-0.3, -0.25) is 15.6 Å². The standard InChI is InChI=1S/C10H14ClN3O/c1-10(2,3)13-9-7(11)5-4-6-8(9)12-14(13)15/h4-6,12,15H,1-3H3. The molecule has 0 saturated carbocycles. The zero-order chi connectivity index (χ0) is 11.2. The molecular weight excluding hydrogens is 214 g/mol. The van der Waals surface area contributed by atoms with Crippen molar-refractivity contribution >= 4 is 23.0 Å². The van der Waals surface area contributed by atoms with Crippen molar-refractivity contribution in [3.05, 3.63) is 23.2 Å². The summed E-state index contributed by atoms with van der Waals surface area (Å²) < 4.78 is 0.